The highest BCUT2D eigenvalue weighted by molar-refractivity contribution is 5.91. The van der Waals surface area contributed by atoms with E-state index >= 15 is 0 Å². The highest BCUT2D eigenvalue weighted by Gasteiger charge is 2.21. The van der Waals surface area contributed by atoms with Gasteiger partial charge in [-0.1, -0.05) is 12.0 Å². The van der Waals surface area contributed by atoms with Gasteiger partial charge in [-0.05, 0) is 30.9 Å². The first kappa shape index (κ1) is 13.5. The molecule has 0 spiro atoms. The van der Waals surface area contributed by atoms with Gasteiger partial charge in [0.05, 0.1) is 12.5 Å². The Balaban J connectivity index is 1.99. The lowest BCUT2D eigenvalue weighted by Gasteiger charge is -2.20. The van der Waals surface area contributed by atoms with Crippen molar-refractivity contribution in [3.05, 3.63) is 23.9 Å². The number of hydrogen-bond donors (Lipinski definition) is 2. The predicted octanol–water partition coefficient (Wildman–Crippen LogP) is 0.790. The molecule has 1 saturated heterocycles. The van der Waals surface area contributed by atoms with Crippen molar-refractivity contribution in [2.75, 3.05) is 25.1 Å². The Morgan fingerprint density at radius 1 is 1.58 bits per heavy atom. The first-order valence-corrected chi connectivity index (χ1v) is 6.25. The maximum absolute atomic E-state index is 12.0. The number of amides is 1. The van der Waals surface area contributed by atoms with Crippen molar-refractivity contribution in [1.29, 1.82) is 0 Å². The molecule has 2 rings (SSSR count). The van der Waals surface area contributed by atoms with E-state index in [1.165, 1.54) is 0 Å². The molecule has 5 nitrogen and oxygen atoms in total. The zero-order valence-corrected chi connectivity index (χ0v) is 10.6. The summed E-state index contributed by atoms with van der Waals surface area (Å²) in [6, 6.07) is 5.20. The molecular formula is C14H16N2O3. The topological polar surface area (TPSA) is 71.5 Å². The molecule has 0 aromatic carbocycles. The molecule has 1 aromatic heterocycles. The minimum atomic E-state index is -0.211. The smallest absolute Gasteiger partial charge is 0.230 e. The molecule has 0 radical (unpaired) electrons. The van der Waals surface area contributed by atoms with Crippen LogP contribution >= 0.6 is 0 Å². The van der Waals surface area contributed by atoms with Crippen molar-refractivity contribution in [3.8, 4) is 11.8 Å². The van der Waals surface area contributed by atoms with Gasteiger partial charge in [-0.2, -0.15) is 0 Å². The Bertz CT molecular complexity index is 499. The standard InChI is InChI=1S/C14H16N2O3/c17-8-2-6-12-5-1-7-13(15-12)16-14(18)11-4-3-9-19-10-11/h1,5,7,11,17H,3-4,8-10H2,(H,15,16,18). The van der Waals surface area contributed by atoms with Gasteiger partial charge in [-0.3, -0.25) is 4.79 Å². The minimum Gasteiger partial charge on any atom is -0.384 e. The average Bonchev–Trinajstić information content (AvgIpc) is 2.46. The van der Waals surface area contributed by atoms with Crippen molar-refractivity contribution in [3.63, 3.8) is 0 Å². The maximum atomic E-state index is 12.0. The molecule has 19 heavy (non-hydrogen) atoms. The number of carbonyl (C=O) groups excluding carboxylic acids is 1. The number of aromatic nitrogens is 1. The van der Waals surface area contributed by atoms with Gasteiger partial charge in [0.1, 0.15) is 18.1 Å². The van der Waals surface area contributed by atoms with Crippen LogP contribution in [0.4, 0.5) is 5.82 Å². The lowest BCUT2D eigenvalue weighted by atomic mass is 10.0. The van der Waals surface area contributed by atoms with E-state index in [0.717, 1.165) is 19.4 Å². The van der Waals surface area contributed by atoms with Crippen LogP contribution in [0.2, 0.25) is 0 Å². The molecule has 0 saturated carbocycles. The van der Waals surface area contributed by atoms with Crippen LogP contribution in [0, 0.1) is 17.8 Å². The fourth-order valence-corrected chi connectivity index (χ4v) is 1.88. The summed E-state index contributed by atoms with van der Waals surface area (Å²) < 4.78 is 5.29. The molecule has 1 unspecified atom stereocenters. The zero-order chi connectivity index (χ0) is 13.5. The fraction of sp³-hybridized carbons (Fsp3) is 0.429. The Kier molecular flexibility index (Phi) is 4.90. The minimum absolute atomic E-state index is 0.0699. The molecule has 1 fully saturated rings. The Labute approximate surface area is 112 Å². The number of aliphatic hydroxyl groups excluding tert-OH is 1. The van der Waals surface area contributed by atoms with Crippen molar-refractivity contribution in [2.24, 2.45) is 5.92 Å². The number of aliphatic hydroxyl groups is 1. The molecule has 5 heteroatoms. The number of anilines is 1. The van der Waals surface area contributed by atoms with Gasteiger partial charge in [0.15, 0.2) is 0 Å². The first-order chi connectivity index (χ1) is 9.29. The Hall–Kier alpha value is -1.90. The van der Waals surface area contributed by atoms with E-state index in [9.17, 15) is 4.79 Å². The van der Waals surface area contributed by atoms with E-state index in [1.54, 1.807) is 18.2 Å². The molecule has 1 aliphatic rings. The first-order valence-electron chi connectivity index (χ1n) is 6.25. The van der Waals surface area contributed by atoms with Crippen molar-refractivity contribution < 1.29 is 14.6 Å². The average molecular weight is 260 g/mol. The van der Waals surface area contributed by atoms with Crippen LogP contribution in [0.25, 0.3) is 0 Å². The van der Waals surface area contributed by atoms with Crippen LogP contribution in [-0.4, -0.2) is 35.8 Å². The lowest BCUT2D eigenvalue weighted by molar-refractivity contribution is -0.123. The van der Waals surface area contributed by atoms with Crippen LogP contribution in [-0.2, 0) is 9.53 Å². The van der Waals surface area contributed by atoms with E-state index in [4.69, 9.17) is 9.84 Å². The van der Waals surface area contributed by atoms with Gasteiger partial charge in [0.2, 0.25) is 5.91 Å². The van der Waals surface area contributed by atoms with E-state index in [0.29, 0.717) is 18.1 Å². The molecule has 2 N–H and O–H groups in total. The highest BCUT2D eigenvalue weighted by Crippen LogP contribution is 2.15. The second kappa shape index (κ2) is 6.88. The molecule has 1 aliphatic heterocycles. The third-order valence-corrected chi connectivity index (χ3v) is 2.83. The molecule has 1 aromatic rings. The van der Waals surface area contributed by atoms with Crippen LogP contribution < -0.4 is 5.32 Å². The van der Waals surface area contributed by atoms with Gasteiger partial charge in [0, 0.05) is 6.61 Å². The normalized spacial score (nSPS) is 18.3. The van der Waals surface area contributed by atoms with Crippen molar-refractivity contribution in [1.82, 2.24) is 4.98 Å². The summed E-state index contributed by atoms with van der Waals surface area (Å²) in [5.41, 5.74) is 0.520. The third-order valence-electron chi connectivity index (χ3n) is 2.83. The zero-order valence-electron chi connectivity index (χ0n) is 10.6. The molecule has 1 amide bonds. The second-order valence-electron chi connectivity index (χ2n) is 4.27. The summed E-state index contributed by atoms with van der Waals surface area (Å²) in [6.07, 6.45) is 1.75. The van der Waals surface area contributed by atoms with Gasteiger partial charge < -0.3 is 15.2 Å². The van der Waals surface area contributed by atoms with Crippen LogP contribution in [0.15, 0.2) is 18.2 Å². The number of hydrogen-bond acceptors (Lipinski definition) is 4. The molecule has 2 heterocycles. The van der Waals surface area contributed by atoms with E-state index in [2.05, 4.69) is 22.1 Å². The number of ether oxygens (including phenoxy) is 1. The summed E-state index contributed by atoms with van der Waals surface area (Å²) in [5, 5.41) is 11.4. The molecule has 1 atom stereocenters. The summed E-state index contributed by atoms with van der Waals surface area (Å²) in [5.74, 6) is 5.51. The summed E-state index contributed by atoms with van der Waals surface area (Å²) in [7, 11) is 0. The number of carbonyl (C=O) groups is 1. The predicted molar refractivity (Wildman–Crippen MR) is 70.4 cm³/mol. The van der Waals surface area contributed by atoms with Crippen LogP contribution in [0.1, 0.15) is 18.5 Å². The van der Waals surface area contributed by atoms with E-state index in [-0.39, 0.29) is 18.4 Å². The van der Waals surface area contributed by atoms with Gasteiger partial charge in [0.25, 0.3) is 0 Å². The molecular weight excluding hydrogens is 244 g/mol. The second-order valence-corrected chi connectivity index (χ2v) is 4.27. The maximum Gasteiger partial charge on any atom is 0.230 e. The largest absolute Gasteiger partial charge is 0.384 e. The fourth-order valence-electron chi connectivity index (χ4n) is 1.88. The van der Waals surface area contributed by atoms with Gasteiger partial charge in [-0.15, -0.1) is 0 Å². The van der Waals surface area contributed by atoms with Crippen LogP contribution in [0.5, 0.6) is 0 Å². The number of rotatable bonds is 2. The number of nitrogens with one attached hydrogen (secondary N) is 1. The summed E-state index contributed by atoms with van der Waals surface area (Å²) in [4.78, 5) is 16.2. The van der Waals surface area contributed by atoms with Crippen molar-refractivity contribution in [2.45, 2.75) is 12.8 Å². The quantitative estimate of drug-likeness (QED) is 0.771. The van der Waals surface area contributed by atoms with Gasteiger partial charge in [-0.25, -0.2) is 4.98 Å². The number of pyridine rings is 1. The SMILES string of the molecule is O=C(Nc1cccc(C#CCO)n1)C1CCCOC1. The molecule has 0 aliphatic carbocycles. The third kappa shape index (κ3) is 4.05. The Morgan fingerprint density at radius 3 is 3.21 bits per heavy atom. The lowest BCUT2D eigenvalue weighted by Crippen LogP contribution is -2.30. The Morgan fingerprint density at radius 2 is 2.47 bits per heavy atom. The number of nitrogens with zero attached hydrogens (tertiary/aromatic N) is 1. The summed E-state index contributed by atoms with van der Waals surface area (Å²) in [6.45, 7) is 0.988. The highest BCUT2D eigenvalue weighted by atomic mass is 16.5. The molecule has 0 bridgehead atoms. The van der Waals surface area contributed by atoms with E-state index < -0.39 is 0 Å². The van der Waals surface area contributed by atoms with Crippen molar-refractivity contribution >= 4 is 11.7 Å². The monoisotopic (exact) mass is 260 g/mol. The van der Waals surface area contributed by atoms with Crippen LogP contribution in [0.3, 0.4) is 0 Å². The van der Waals surface area contributed by atoms with Gasteiger partial charge >= 0.3 is 0 Å². The molecule has 100 valence electrons. The summed E-state index contributed by atoms with van der Waals surface area (Å²) >= 11 is 0. The van der Waals surface area contributed by atoms with E-state index in [1.807, 2.05) is 0 Å².